The molecule has 0 aliphatic rings. The van der Waals surface area contributed by atoms with Crippen molar-refractivity contribution in [3.8, 4) is 0 Å². The van der Waals surface area contributed by atoms with Crippen molar-refractivity contribution in [3.05, 3.63) is 20.8 Å². The summed E-state index contributed by atoms with van der Waals surface area (Å²) in [5.74, 6) is 0. The van der Waals surface area contributed by atoms with Crippen molar-refractivity contribution in [3.63, 3.8) is 0 Å². The van der Waals surface area contributed by atoms with E-state index in [1.807, 2.05) is 12.1 Å². The van der Waals surface area contributed by atoms with E-state index in [9.17, 15) is 5.11 Å². The van der Waals surface area contributed by atoms with Crippen molar-refractivity contribution in [2.24, 2.45) is 5.73 Å². The van der Waals surface area contributed by atoms with E-state index in [0.29, 0.717) is 0 Å². The Hall–Kier alpha value is 0.1000. The summed E-state index contributed by atoms with van der Waals surface area (Å²) in [7, 11) is 0. The Balaban J connectivity index is 2.74. The molecule has 0 bridgehead atoms. The average molecular weight is 222 g/mol. The normalized spacial score (nSPS) is 13.5. The number of thiophene rings is 1. The summed E-state index contributed by atoms with van der Waals surface area (Å²) in [6, 6.07) is 3.77. The fraction of sp³-hybridized carbons (Fsp3) is 0.333. The van der Waals surface area contributed by atoms with Gasteiger partial charge in [-0.3, -0.25) is 0 Å². The summed E-state index contributed by atoms with van der Waals surface area (Å²) < 4.78 is 1.02. The van der Waals surface area contributed by atoms with Crippen molar-refractivity contribution in [1.82, 2.24) is 0 Å². The standard InChI is InChI=1S/C6H8BrNOS/c7-6-2-1-5(10-6)4(9)3-8/h1-2,4,9H,3,8H2/t4-/m1/s1. The average Bonchev–Trinajstić information content (AvgIpc) is 2.34. The number of aliphatic hydroxyl groups is 1. The topological polar surface area (TPSA) is 46.2 Å². The Morgan fingerprint density at radius 2 is 2.40 bits per heavy atom. The van der Waals surface area contributed by atoms with Crippen LogP contribution in [0.5, 0.6) is 0 Å². The first-order chi connectivity index (χ1) is 4.74. The molecule has 0 amide bonds. The van der Waals surface area contributed by atoms with E-state index < -0.39 is 6.10 Å². The van der Waals surface area contributed by atoms with E-state index in [4.69, 9.17) is 5.73 Å². The zero-order valence-corrected chi connectivity index (χ0v) is 7.65. The fourth-order valence-corrected chi connectivity index (χ4v) is 2.05. The molecule has 0 saturated heterocycles. The van der Waals surface area contributed by atoms with Gasteiger partial charge in [0.2, 0.25) is 0 Å². The third-order valence-corrected chi connectivity index (χ3v) is 2.87. The predicted octanol–water partition coefficient (Wildman–Crippen LogP) is 1.50. The van der Waals surface area contributed by atoms with Crippen LogP contribution in [0.15, 0.2) is 15.9 Å². The zero-order valence-electron chi connectivity index (χ0n) is 5.25. The quantitative estimate of drug-likeness (QED) is 0.796. The lowest BCUT2D eigenvalue weighted by molar-refractivity contribution is 0.190. The van der Waals surface area contributed by atoms with Gasteiger partial charge >= 0.3 is 0 Å². The molecule has 1 aromatic rings. The smallest absolute Gasteiger partial charge is 0.100 e. The molecule has 1 heterocycles. The van der Waals surface area contributed by atoms with Crippen LogP contribution < -0.4 is 5.73 Å². The Kier molecular flexibility index (Phi) is 2.85. The second-order valence-corrected chi connectivity index (χ2v) is 4.39. The van der Waals surface area contributed by atoms with Gasteiger partial charge in [0.1, 0.15) is 6.10 Å². The van der Waals surface area contributed by atoms with Crippen LogP contribution in [0.1, 0.15) is 11.0 Å². The molecule has 4 heteroatoms. The molecule has 2 nitrogen and oxygen atoms in total. The first-order valence-corrected chi connectivity index (χ1v) is 4.48. The van der Waals surface area contributed by atoms with Crippen molar-refractivity contribution in [1.29, 1.82) is 0 Å². The third-order valence-electron chi connectivity index (χ3n) is 1.15. The van der Waals surface area contributed by atoms with Gasteiger partial charge in [0.25, 0.3) is 0 Å². The highest BCUT2D eigenvalue weighted by molar-refractivity contribution is 9.11. The van der Waals surface area contributed by atoms with Crippen LogP contribution in [0.2, 0.25) is 0 Å². The van der Waals surface area contributed by atoms with E-state index in [0.717, 1.165) is 8.66 Å². The maximum atomic E-state index is 9.21. The van der Waals surface area contributed by atoms with Crippen molar-refractivity contribution < 1.29 is 5.11 Å². The number of halogens is 1. The van der Waals surface area contributed by atoms with Crippen LogP contribution in [-0.4, -0.2) is 11.7 Å². The van der Waals surface area contributed by atoms with Crippen LogP contribution in [-0.2, 0) is 0 Å². The van der Waals surface area contributed by atoms with Gasteiger partial charge in [-0.25, -0.2) is 0 Å². The second-order valence-electron chi connectivity index (χ2n) is 1.89. The molecule has 0 aliphatic heterocycles. The first kappa shape index (κ1) is 8.20. The molecular weight excluding hydrogens is 214 g/mol. The van der Waals surface area contributed by atoms with Crippen molar-refractivity contribution >= 4 is 27.3 Å². The van der Waals surface area contributed by atoms with Gasteiger partial charge in [0.15, 0.2) is 0 Å². The van der Waals surface area contributed by atoms with Gasteiger partial charge in [-0.15, -0.1) is 11.3 Å². The van der Waals surface area contributed by atoms with Crippen LogP contribution in [0.3, 0.4) is 0 Å². The van der Waals surface area contributed by atoms with Crippen LogP contribution in [0, 0.1) is 0 Å². The molecule has 10 heavy (non-hydrogen) atoms. The summed E-state index contributed by atoms with van der Waals surface area (Å²) in [6.45, 7) is 0.285. The molecular formula is C6H8BrNOS. The minimum Gasteiger partial charge on any atom is -0.386 e. The molecule has 0 saturated carbocycles. The van der Waals surface area contributed by atoms with Gasteiger partial charge < -0.3 is 10.8 Å². The lowest BCUT2D eigenvalue weighted by atomic mass is 10.3. The van der Waals surface area contributed by atoms with Crippen LogP contribution in [0.4, 0.5) is 0 Å². The van der Waals surface area contributed by atoms with Gasteiger partial charge in [-0.1, -0.05) is 0 Å². The summed E-state index contributed by atoms with van der Waals surface area (Å²) in [5, 5.41) is 9.21. The molecule has 0 fully saturated rings. The molecule has 56 valence electrons. The highest BCUT2D eigenvalue weighted by atomic mass is 79.9. The molecule has 0 radical (unpaired) electrons. The molecule has 3 N–H and O–H groups in total. The lowest BCUT2D eigenvalue weighted by Gasteiger charge is -2.01. The van der Waals surface area contributed by atoms with E-state index in [1.54, 1.807) is 0 Å². The van der Waals surface area contributed by atoms with E-state index >= 15 is 0 Å². The number of hydrogen-bond donors (Lipinski definition) is 2. The lowest BCUT2D eigenvalue weighted by Crippen LogP contribution is -2.09. The van der Waals surface area contributed by atoms with Gasteiger partial charge in [-0.2, -0.15) is 0 Å². The molecule has 1 aromatic heterocycles. The number of hydrogen-bond acceptors (Lipinski definition) is 3. The Morgan fingerprint density at radius 3 is 2.80 bits per heavy atom. The molecule has 0 aromatic carbocycles. The van der Waals surface area contributed by atoms with Crippen molar-refractivity contribution in [2.75, 3.05) is 6.54 Å². The van der Waals surface area contributed by atoms with Gasteiger partial charge in [0, 0.05) is 11.4 Å². The largest absolute Gasteiger partial charge is 0.386 e. The van der Waals surface area contributed by atoms with Gasteiger partial charge in [0.05, 0.1) is 3.79 Å². The SMILES string of the molecule is NC[C@@H](O)c1ccc(Br)s1. The minimum absolute atomic E-state index is 0.285. The number of nitrogens with two attached hydrogens (primary N) is 1. The molecule has 1 rings (SSSR count). The highest BCUT2D eigenvalue weighted by Gasteiger charge is 2.06. The first-order valence-electron chi connectivity index (χ1n) is 2.87. The highest BCUT2D eigenvalue weighted by Crippen LogP contribution is 2.26. The van der Waals surface area contributed by atoms with E-state index in [2.05, 4.69) is 15.9 Å². The van der Waals surface area contributed by atoms with Crippen LogP contribution >= 0.6 is 27.3 Å². The maximum absolute atomic E-state index is 9.21. The molecule has 1 atom stereocenters. The molecule has 0 spiro atoms. The van der Waals surface area contributed by atoms with E-state index in [-0.39, 0.29) is 6.54 Å². The summed E-state index contributed by atoms with van der Waals surface area (Å²) in [5.41, 5.74) is 5.25. The molecule has 0 aliphatic carbocycles. The maximum Gasteiger partial charge on any atom is 0.100 e. The molecule has 0 unspecified atom stereocenters. The van der Waals surface area contributed by atoms with Gasteiger partial charge in [-0.05, 0) is 28.1 Å². The summed E-state index contributed by atoms with van der Waals surface area (Å²) in [4.78, 5) is 0.911. The summed E-state index contributed by atoms with van der Waals surface area (Å²) >= 11 is 4.80. The fourth-order valence-electron chi connectivity index (χ4n) is 0.624. The van der Waals surface area contributed by atoms with Crippen LogP contribution in [0.25, 0.3) is 0 Å². The van der Waals surface area contributed by atoms with Crippen molar-refractivity contribution in [2.45, 2.75) is 6.10 Å². The zero-order chi connectivity index (χ0) is 7.56. The Morgan fingerprint density at radius 1 is 1.70 bits per heavy atom. The monoisotopic (exact) mass is 221 g/mol. The number of aliphatic hydroxyl groups excluding tert-OH is 1. The number of rotatable bonds is 2. The second kappa shape index (κ2) is 3.48. The van der Waals surface area contributed by atoms with E-state index in [1.165, 1.54) is 11.3 Å². The Labute approximate surface area is 71.8 Å². The predicted molar refractivity (Wildman–Crippen MR) is 46.0 cm³/mol. The third kappa shape index (κ3) is 1.79. The summed E-state index contributed by atoms with van der Waals surface area (Å²) in [6.07, 6.45) is -0.503. The Bertz CT molecular complexity index is 213. The minimum atomic E-state index is -0.503.